The highest BCUT2D eigenvalue weighted by Crippen LogP contribution is 2.10. The fraction of sp³-hybridized carbons (Fsp3) is 0.526. The first-order valence-electron chi connectivity index (χ1n) is 9.07. The molecule has 1 aromatic rings. The number of carboxylic acid groups (broad SMARTS) is 1. The molecule has 1 aromatic carbocycles. The van der Waals surface area contributed by atoms with E-state index in [1.54, 1.807) is 11.8 Å². The van der Waals surface area contributed by atoms with Crippen molar-refractivity contribution < 1.29 is 19.5 Å². The summed E-state index contributed by atoms with van der Waals surface area (Å²) >= 11 is 0. The summed E-state index contributed by atoms with van der Waals surface area (Å²) in [4.78, 5) is 37.2. The molecular formula is C19H27N3O4. The van der Waals surface area contributed by atoms with E-state index in [1.165, 1.54) is 0 Å². The van der Waals surface area contributed by atoms with Crippen LogP contribution in [0.4, 0.5) is 4.79 Å². The third kappa shape index (κ3) is 6.38. The molecule has 0 radical (unpaired) electrons. The van der Waals surface area contributed by atoms with E-state index in [0.717, 1.165) is 31.5 Å². The summed E-state index contributed by atoms with van der Waals surface area (Å²) in [5.41, 5.74) is 1.02. The van der Waals surface area contributed by atoms with Gasteiger partial charge in [-0.05, 0) is 38.2 Å². The van der Waals surface area contributed by atoms with Crippen molar-refractivity contribution in [2.24, 2.45) is 0 Å². The molecule has 0 bridgehead atoms. The molecule has 2 rings (SSSR count). The maximum atomic E-state index is 12.3. The summed E-state index contributed by atoms with van der Waals surface area (Å²) in [6, 6.07) is 8.21. The van der Waals surface area contributed by atoms with Gasteiger partial charge in [0, 0.05) is 25.6 Å². The summed E-state index contributed by atoms with van der Waals surface area (Å²) < 4.78 is 0. The Morgan fingerprint density at radius 3 is 2.38 bits per heavy atom. The Labute approximate surface area is 153 Å². The van der Waals surface area contributed by atoms with Crippen molar-refractivity contribution in [1.29, 1.82) is 0 Å². The van der Waals surface area contributed by atoms with Crippen molar-refractivity contribution in [3.8, 4) is 0 Å². The number of carboxylic acids is 1. The molecule has 2 atom stereocenters. The molecular weight excluding hydrogens is 334 g/mol. The number of nitrogens with one attached hydrogen (secondary N) is 2. The van der Waals surface area contributed by atoms with Crippen LogP contribution in [0.3, 0.4) is 0 Å². The number of carbonyl (C=O) groups excluding carboxylic acids is 2. The van der Waals surface area contributed by atoms with Gasteiger partial charge in [0.2, 0.25) is 5.91 Å². The lowest BCUT2D eigenvalue weighted by atomic mass is 10.0. The van der Waals surface area contributed by atoms with Crippen LogP contribution < -0.4 is 10.6 Å². The first-order chi connectivity index (χ1) is 12.5. The second kappa shape index (κ2) is 9.79. The predicted octanol–water partition coefficient (Wildman–Crippen LogP) is 1.77. The number of urea groups is 1. The highest BCUT2D eigenvalue weighted by atomic mass is 16.4. The summed E-state index contributed by atoms with van der Waals surface area (Å²) in [7, 11) is 0. The molecule has 1 heterocycles. The summed E-state index contributed by atoms with van der Waals surface area (Å²) in [6.07, 6.45) is 2.83. The Morgan fingerprint density at radius 2 is 1.77 bits per heavy atom. The van der Waals surface area contributed by atoms with Gasteiger partial charge in [-0.25, -0.2) is 4.79 Å². The topological polar surface area (TPSA) is 98.7 Å². The van der Waals surface area contributed by atoms with E-state index in [1.807, 2.05) is 30.3 Å². The quantitative estimate of drug-likeness (QED) is 0.657. The van der Waals surface area contributed by atoms with E-state index < -0.39 is 18.0 Å². The SMILES string of the molecule is C[C@H](NC(=O)NC(CCC(=O)O)Cc1ccccc1)C(=O)N1CCCC1. The number of carbonyl (C=O) groups is 3. The first kappa shape index (κ1) is 19.8. The summed E-state index contributed by atoms with van der Waals surface area (Å²) in [5.74, 6) is -0.981. The molecule has 0 saturated carbocycles. The Morgan fingerprint density at radius 1 is 1.12 bits per heavy atom. The maximum absolute atomic E-state index is 12.3. The van der Waals surface area contributed by atoms with Crippen molar-refractivity contribution >= 4 is 17.9 Å². The highest BCUT2D eigenvalue weighted by Gasteiger charge is 2.25. The van der Waals surface area contributed by atoms with Gasteiger partial charge in [-0.1, -0.05) is 30.3 Å². The first-order valence-corrected chi connectivity index (χ1v) is 9.07. The standard InChI is InChI=1S/C19H27N3O4/c1-14(18(25)22-11-5-6-12-22)20-19(26)21-16(9-10-17(23)24)13-15-7-3-2-4-8-15/h2-4,7-8,14,16H,5-6,9-13H2,1H3,(H,23,24)(H2,20,21,26)/t14-,16?/m0/s1. The van der Waals surface area contributed by atoms with Gasteiger partial charge in [-0.2, -0.15) is 0 Å². The van der Waals surface area contributed by atoms with Gasteiger partial charge < -0.3 is 20.6 Å². The molecule has 1 unspecified atom stereocenters. The lowest BCUT2D eigenvalue weighted by Crippen LogP contribution is -2.51. The number of aliphatic carboxylic acids is 1. The van der Waals surface area contributed by atoms with Crippen LogP contribution in [0.25, 0.3) is 0 Å². The van der Waals surface area contributed by atoms with Crippen LogP contribution in [0.5, 0.6) is 0 Å². The molecule has 0 aliphatic carbocycles. The monoisotopic (exact) mass is 361 g/mol. The zero-order valence-corrected chi connectivity index (χ0v) is 15.1. The normalized spacial score (nSPS) is 16.0. The Bertz CT molecular complexity index is 614. The van der Waals surface area contributed by atoms with Crippen molar-refractivity contribution in [3.05, 3.63) is 35.9 Å². The second-order valence-corrected chi connectivity index (χ2v) is 6.69. The minimum absolute atomic E-state index is 0.0277. The van der Waals surface area contributed by atoms with E-state index in [0.29, 0.717) is 12.8 Å². The number of benzene rings is 1. The van der Waals surface area contributed by atoms with Crippen molar-refractivity contribution in [2.75, 3.05) is 13.1 Å². The Kier molecular flexibility index (Phi) is 7.44. The van der Waals surface area contributed by atoms with Crippen LogP contribution in [0.2, 0.25) is 0 Å². The molecule has 7 heteroatoms. The highest BCUT2D eigenvalue weighted by molar-refractivity contribution is 5.87. The Hall–Kier alpha value is -2.57. The molecule has 1 aliphatic heterocycles. The molecule has 7 nitrogen and oxygen atoms in total. The third-order valence-electron chi connectivity index (χ3n) is 4.50. The zero-order chi connectivity index (χ0) is 18.9. The van der Waals surface area contributed by atoms with Gasteiger partial charge in [-0.3, -0.25) is 9.59 Å². The molecule has 1 saturated heterocycles. The van der Waals surface area contributed by atoms with Gasteiger partial charge in [0.25, 0.3) is 0 Å². The van der Waals surface area contributed by atoms with Crippen LogP contribution in [-0.2, 0) is 16.0 Å². The molecule has 26 heavy (non-hydrogen) atoms. The van der Waals surface area contributed by atoms with E-state index >= 15 is 0 Å². The Balaban J connectivity index is 1.89. The van der Waals surface area contributed by atoms with Gasteiger partial charge in [0.15, 0.2) is 0 Å². The van der Waals surface area contributed by atoms with Gasteiger partial charge in [-0.15, -0.1) is 0 Å². The maximum Gasteiger partial charge on any atom is 0.315 e. The van der Waals surface area contributed by atoms with E-state index in [9.17, 15) is 14.4 Å². The van der Waals surface area contributed by atoms with Crippen LogP contribution in [0.1, 0.15) is 38.2 Å². The molecule has 0 spiro atoms. The van der Waals surface area contributed by atoms with Gasteiger partial charge in [0.1, 0.15) is 6.04 Å². The summed E-state index contributed by atoms with van der Waals surface area (Å²) in [5, 5.41) is 14.4. The minimum atomic E-state index is -0.900. The van der Waals surface area contributed by atoms with Crippen LogP contribution >= 0.6 is 0 Å². The molecule has 142 valence electrons. The fourth-order valence-electron chi connectivity index (χ4n) is 3.12. The number of rotatable bonds is 8. The number of amides is 3. The predicted molar refractivity (Wildman–Crippen MR) is 97.7 cm³/mol. The smallest absolute Gasteiger partial charge is 0.315 e. The van der Waals surface area contributed by atoms with Crippen LogP contribution in [0, 0.1) is 0 Å². The molecule has 3 N–H and O–H groups in total. The molecule has 1 aliphatic rings. The van der Waals surface area contributed by atoms with Gasteiger partial charge in [0.05, 0.1) is 0 Å². The van der Waals surface area contributed by atoms with Crippen molar-refractivity contribution in [2.45, 2.75) is 51.1 Å². The average molecular weight is 361 g/mol. The molecule has 1 fully saturated rings. The lowest BCUT2D eigenvalue weighted by molar-refractivity contribution is -0.137. The van der Waals surface area contributed by atoms with Crippen LogP contribution in [-0.4, -0.2) is 53.1 Å². The number of nitrogens with zero attached hydrogens (tertiary/aromatic N) is 1. The van der Waals surface area contributed by atoms with Crippen LogP contribution in [0.15, 0.2) is 30.3 Å². The number of hydrogen-bond donors (Lipinski definition) is 3. The lowest BCUT2D eigenvalue weighted by Gasteiger charge is -2.23. The largest absolute Gasteiger partial charge is 0.481 e. The van der Waals surface area contributed by atoms with Crippen molar-refractivity contribution in [3.63, 3.8) is 0 Å². The van der Waals surface area contributed by atoms with Gasteiger partial charge >= 0.3 is 12.0 Å². The fourth-order valence-corrected chi connectivity index (χ4v) is 3.12. The van der Waals surface area contributed by atoms with E-state index in [4.69, 9.17) is 5.11 Å². The second-order valence-electron chi connectivity index (χ2n) is 6.69. The summed E-state index contributed by atoms with van der Waals surface area (Å²) in [6.45, 7) is 3.15. The minimum Gasteiger partial charge on any atom is -0.481 e. The third-order valence-corrected chi connectivity index (χ3v) is 4.50. The van der Waals surface area contributed by atoms with E-state index in [2.05, 4.69) is 10.6 Å². The number of likely N-dealkylation sites (tertiary alicyclic amines) is 1. The molecule has 3 amide bonds. The zero-order valence-electron chi connectivity index (χ0n) is 15.1. The molecule has 0 aromatic heterocycles. The average Bonchev–Trinajstić information content (AvgIpc) is 3.14. The van der Waals surface area contributed by atoms with E-state index in [-0.39, 0.29) is 18.4 Å². The number of hydrogen-bond acceptors (Lipinski definition) is 3. The van der Waals surface area contributed by atoms with Crippen molar-refractivity contribution in [1.82, 2.24) is 15.5 Å².